The molecule has 348 valence electrons. The average molecular weight is 950 g/mol. The van der Waals surface area contributed by atoms with Crippen LogP contribution in [-0.4, -0.2) is 34.9 Å². The van der Waals surface area contributed by atoms with Gasteiger partial charge in [0.15, 0.2) is 23.3 Å². The van der Waals surface area contributed by atoms with Crippen molar-refractivity contribution in [2.24, 2.45) is 0 Å². The van der Waals surface area contributed by atoms with Gasteiger partial charge in [-0.25, -0.2) is 24.9 Å². The number of anilines is 6. The molecule has 0 saturated carbocycles. The molecule has 13 rings (SSSR count). The van der Waals surface area contributed by atoms with Crippen molar-refractivity contribution in [3.8, 4) is 90.6 Å². The molecule has 0 fully saturated rings. The minimum atomic E-state index is 0.496. The minimum Gasteiger partial charge on any atom is -0.306 e. The fourth-order valence-corrected chi connectivity index (χ4v) is 9.54. The highest BCUT2D eigenvalue weighted by molar-refractivity contribution is 6.03. The van der Waals surface area contributed by atoms with Crippen LogP contribution in [0.15, 0.2) is 261 Å². The first-order valence-corrected chi connectivity index (χ1v) is 24.5. The number of fused-ring (bicyclic) bond motifs is 2. The van der Waals surface area contributed by atoms with Gasteiger partial charge in [-0.15, -0.1) is 0 Å². The lowest BCUT2D eigenvalue weighted by atomic mass is 9.97. The van der Waals surface area contributed by atoms with Gasteiger partial charge < -0.3 is 4.90 Å². The molecule has 0 N–H and O–H groups in total. The van der Waals surface area contributed by atoms with Crippen molar-refractivity contribution in [2.75, 3.05) is 9.80 Å². The molecule has 0 aliphatic carbocycles. The first kappa shape index (κ1) is 43.7. The minimum absolute atomic E-state index is 0.496. The Kier molecular flexibility index (Phi) is 11.3. The summed E-state index contributed by atoms with van der Waals surface area (Å²) in [6, 6.07) is 88.6. The second-order valence-electron chi connectivity index (χ2n) is 17.8. The summed E-state index contributed by atoms with van der Waals surface area (Å²) in [7, 11) is 0. The van der Waals surface area contributed by atoms with Gasteiger partial charge in [-0.1, -0.05) is 212 Å². The molecule has 0 amide bonds. The van der Waals surface area contributed by atoms with E-state index in [-0.39, 0.29) is 0 Å². The maximum Gasteiger partial charge on any atom is 0.238 e. The quantitative estimate of drug-likeness (QED) is 0.133. The molecule has 0 radical (unpaired) electrons. The SMILES string of the molecule is c1ccc(-c2cc(-c3ccc(N4c5ccccc5N(c5nc(-c6ccccc6)nc(-c6ccccc6)n5)c5ccccc54)c(-c4cc(-c5ccccc5)nc(-c5ccccc5)n4)c3)nc(-c3ccccc3)n2)cc1. The number of benzene rings is 9. The third kappa shape index (κ3) is 8.40. The van der Waals surface area contributed by atoms with Crippen LogP contribution in [-0.2, 0) is 0 Å². The molecule has 1 aliphatic heterocycles. The molecule has 9 heteroatoms. The molecule has 12 aromatic rings. The summed E-state index contributed by atoms with van der Waals surface area (Å²) < 4.78 is 0. The summed E-state index contributed by atoms with van der Waals surface area (Å²) in [6.45, 7) is 0. The summed E-state index contributed by atoms with van der Waals surface area (Å²) >= 11 is 0. The number of nitrogens with zero attached hydrogens (tertiary/aromatic N) is 9. The van der Waals surface area contributed by atoms with Crippen LogP contribution in [0.5, 0.6) is 0 Å². The third-order valence-corrected chi connectivity index (χ3v) is 13.1. The predicted octanol–water partition coefficient (Wildman–Crippen LogP) is 16.0. The Labute approximate surface area is 428 Å². The van der Waals surface area contributed by atoms with Crippen molar-refractivity contribution in [3.05, 3.63) is 261 Å². The lowest BCUT2D eigenvalue weighted by molar-refractivity contribution is 1.01. The van der Waals surface area contributed by atoms with E-state index in [9.17, 15) is 0 Å². The van der Waals surface area contributed by atoms with Gasteiger partial charge in [-0.3, -0.25) is 4.90 Å². The van der Waals surface area contributed by atoms with Crippen molar-refractivity contribution < 1.29 is 0 Å². The monoisotopic (exact) mass is 949 g/mol. The number of para-hydroxylation sites is 4. The van der Waals surface area contributed by atoms with Crippen LogP contribution in [0.1, 0.15) is 0 Å². The summed E-state index contributed by atoms with van der Waals surface area (Å²) in [5.41, 5.74) is 15.0. The zero-order valence-electron chi connectivity index (χ0n) is 39.9. The molecule has 9 aromatic carbocycles. The molecule has 9 nitrogen and oxygen atoms in total. The number of aromatic nitrogens is 7. The van der Waals surface area contributed by atoms with Crippen molar-refractivity contribution >= 4 is 34.4 Å². The molecular weight excluding hydrogens is 907 g/mol. The Morgan fingerprint density at radius 2 is 0.514 bits per heavy atom. The second kappa shape index (κ2) is 19.2. The van der Waals surface area contributed by atoms with Crippen LogP contribution in [0, 0.1) is 0 Å². The largest absolute Gasteiger partial charge is 0.306 e. The molecule has 74 heavy (non-hydrogen) atoms. The number of hydrogen-bond acceptors (Lipinski definition) is 9. The summed E-state index contributed by atoms with van der Waals surface area (Å²) in [6.07, 6.45) is 0. The standard InChI is InChI=1S/C65H43N9/c1-7-23-44(24-8-1)52-42-54(68-61(66-52)46-27-11-3-12-28-46)50-39-40-56(51(41-50)55-43-53(45-25-9-2-10-26-45)67-62(69-55)47-29-13-4-14-30-47)73-57-35-19-21-37-59(57)74(60-38-22-20-36-58(60)73)65-71-63(48-31-15-5-16-32-48)70-64(72-65)49-33-17-6-18-34-49/h1-43H. The molecule has 4 heterocycles. The molecule has 0 spiro atoms. The maximum atomic E-state index is 5.46. The van der Waals surface area contributed by atoms with Gasteiger partial charge in [0.05, 0.1) is 51.2 Å². The zero-order chi connectivity index (χ0) is 49.2. The fourth-order valence-electron chi connectivity index (χ4n) is 9.54. The van der Waals surface area contributed by atoms with E-state index in [1.54, 1.807) is 0 Å². The van der Waals surface area contributed by atoms with Gasteiger partial charge in [0.1, 0.15) is 0 Å². The van der Waals surface area contributed by atoms with Gasteiger partial charge in [-0.2, -0.15) is 9.97 Å². The van der Waals surface area contributed by atoms with Crippen LogP contribution in [0.25, 0.3) is 90.6 Å². The lowest BCUT2D eigenvalue weighted by Gasteiger charge is -2.40. The molecule has 0 bridgehead atoms. The van der Waals surface area contributed by atoms with Crippen molar-refractivity contribution in [1.29, 1.82) is 0 Å². The first-order chi connectivity index (χ1) is 36.7. The molecule has 3 aromatic heterocycles. The van der Waals surface area contributed by atoms with Crippen LogP contribution in [0.4, 0.5) is 34.4 Å². The van der Waals surface area contributed by atoms with E-state index in [0.717, 1.165) is 95.7 Å². The van der Waals surface area contributed by atoms with E-state index in [1.807, 2.05) is 133 Å². The summed E-state index contributed by atoms with van der Waals surface area (Å²) in [5, 5.41) is 0. The Hall–Kier alpha value is -10.3. The molecular formula is C65H43N9. The van der Waals surface area contributed by atoms with E-state index in [1.165, 1.54) is 0 Å². The topological polar surface area (TPSA) is 96.7 Å². The highest BCUT2D eigenvalue weighted by atomic mass is 15.3. The van der Waals surface area contributed by atoms with Crippen LogP contribution < -0.4 is 9.80 Å². The number of hydrogen-bond donors (Lipinski definition) is 0. The Bertz CT molecular complexity index is 3730. The summed E-state index contributed by atoms with van der Waals surface area (Å²) in [4.78, 5) is 41.1. The van der Waals surface area contributed by atoms with E-state index < -0.39 is 0 Å². The van der Waals surface area contributed by atoms with Crippen molar-refractivity contribution in [2.45, 2.75) is 0 Å². The van der Waals surface area contributed by atoms with Gasteiger partial charge >= 0.3 is 0 Å². The van der Waals surface area contributed by atoms with E-state index in [0.29, 0.717) is 29.2 Å². The Morgan fingerprint density at radius 1 is 0.203 bits per heavy atom. The third-order valence-electron chi connectivity index (χ3n) is 13.1. The van der Waals surface area contributed by atoms with E-state index in [4.69, 9.17) is 34.9 Å². The maximum absolute atomic E-state index is 5.46. The summed E-state index contributed by atoms with van der Waals surface area (Å²) in [5.74, 6) is 2.90. The van der Waals surface area contributed by atoms with E-state index >= 15 is 0 Å². The molecule has 0 saturated heterocycles. The Balaban J connectivity index is 1.05. The van der Waals surface area contributed by atoms with Gasteiger partial charge in [-0.05, 0) is 48.5 Å². The molecule has 0 atom stereocenters. The highest BCUT2D eigenvalue weighted by Gasteiger charge is 2.34. The fraction of sp³-hybridized carbons (Fsp3) is 0. The van der Waals surface area contributed by atoms with Crippen LogP contribution >= 0.6 is 0 Å². The van der Waals surface area contributed by atoms with Crippen molar-refractivity contribution in [1.82, 2.24) is 34.9 Å². The predicted molar refractivity (Wildman–Crippen MR) is 297 cm³/mol. The zero-order valence-corrected chi connectivity index (χ0v) is 39.9. The Morgan fingerprint density at radius 3 is 0.919 bits per heavy atom. The van der Waals surface area contributed by atoms with Crippen molar-refractivity contribution in [3.63, 3.8) is 0 Å². The van der Waals surface area contributed by atoms with Gasteiger partial charge in [0.25, 0.3) is 0 Å². The smallest absolute Gasteiger partial charge is 0.238 e. The lowest BCUT2D eigenvalue weighted by Crippen LogP contribution is -2.26. The highest BCUT2D eigenvalue weighted by Crippen LogP contribution is 2.55. The van der Waals surface area contributed by atoms with Crippen LogP contribution in [0.3, 0.4) is 0 Å². The van der Waals surface area contributed by atoms with Gasteiger partial charge in [0, 0.05) is 44.5 Å². The number of rotatable bonds is 10. The molecule has 1 aliphatic rings. The van der Waals surface area contributed by atoms with E-state index in [2.05, 4.69) is 137 Å². The van der Waals surface area contributed by atoms with Crippen LogP contribution in [0.2, 0.25) is 0 Å². The molecule has 0 unspecified atom stereocenters. The first-order valence-electron chi connectivity index (χ1n) is 24.5. The normalized spacial score (nSPS) is 11.7. The van der Waals surface area contributed by atoms with Gasteiger partial charge in [0.2, 0.25) is 5.95 Å². The second-order valence-corrected chi connectivity index (χ2v) is 17.8. The average Bonchev–Trinajstić information content (AvgIpc) is 3.49.